The average Bonchev–Trinajstić information content (AvgIpc) is 3.36. The van der Waals surface area contributed by atoms with Crippen LogP contribution in [0.1, 0.15) is 47.0 Å². The van der Waals surface area contributed by atoms with Crippen molar-refractivity contribution in [1.29, 1.82) is 0 Å². The molecule has 3 aromatic rings. The van der Waals surface area contributed by atoms with Crippen molar-refractivity contribution in [1.82, 2.24) is 29.9 Å². The Bertz CT molecular complexity index is 1140. The minimum Gasteiger partial charge on any atom is -0.342 e. The molecule has 164 valence electrons. The summed E-state index contributed by atoms with van der Waals surface area (Å²) in [7, 11) is 1.26. The molecule has 0 saturated carbocycles. The van der Waals surface area contributed by atoms with Crippen LogP contribution in [-0.4, -0.2) is 30.5 Å². The fraction of sp³-hybridized carbons (Fsp3) is 0.368. The number of carbonyl (C=O) groups is 1. The van der Waals surface area contributed by atoms with Crippen molar-refractivity contribution in [2.24, 2.45) is 7.05 Å². The molecule has 0 aliphatic carbocycles. The van der Waals surface area contributed by atoms with E-state index >= 15 is 0 Å². The maximum Gasteiger partial charge on any atom is 0.435 e. The van der Waals surface area contributed by atoms with E-state index in [9.17, 15) is 26.7 Å². The molecule has 4 rings (SSSR count). The molecule has 1 aliphatic heterocycles. The third kappa shape index (κ3) is 4.01. The van der Waals surface area contributed by atoms with Gasteiger partial charge in [-0.3, -0.25) is 19.1 Å². The summed E-state index contributed by atoms with van der Waals surface area (Å²) in [6.45, 7) is 1.21. The average molecular weight is 440 g/mol. The first-order chi connectivity index (χ1) is 14.4. The van der Waals surface area contributed by atoms with Gasteiger partial charge < -0.3 is 5.32 Å². The lowest BCUT2D eigenvalue weighted by Crippen LogP contribution is -2.28. The van der Waals surface area contributed by atoms with E-state index in [2.05, 4.69) is 20.5 Å². The van der Waals surface area contributed by atoms with Crippen LogP contribution >= 0.6 is 0 Å². The normalized spacial score (nSPS) is 16.4. The molecule has 7 nitrogen and oxygen atoms in total. The summed E-state index contributed by atoms with van der Waals surface area (Å²) >= 11 is 0. The van der Waals surface area contributed by atoms with Crippen molar-refractivity contribution in [2.45, 2.75) is 38.0 Å². The van der Waals surface area contributed by atoms with Crippen LogP contribution in [0.25, 0.3) is 11.3 Å². The third-order valence-corrected chi connectivity index (χ3v) is 5.01. The van der Waals surface area contributed by atoms with Gasteiger partial charge >= 0.3 is 6.18 Å². The molecular formula is C19H17F5N6O. The number of carbonyl (C=O) groups excluding carboxylic acids is 1. The van der Waals surface area contributed by atoms with E-state index in [0.29, 0.717) is 36.0 Å². The zero-order valence-electron chi connectivity index (χ0n) is 16.4. The number of hydrogen-bond donors (Lipinski definition) is 1. The number of rotatable bonds is 4. The number of nitrogens with one attached hydrogen (secondary N) is 1. The molecule has 1 aliphatic rings. The quantitative estimate of drug-likeness (QED) is 0.628. The number of alkyl halides is 5. The second kappa shape index (κ2) is 7.13. The molecule has 31 heavy (non-hydrogen) atoms. The number of aryl methyl sites for hydroxylation is 2. The van der Waals surface area contributed by atoms with Crippen molar-refractivity contribution in [3.05, 3.63) is 53.2 Å². The first-order valence-corrected chi connectivity index (χ1v) is 9.28. The zero-order valence-corrected chi connectivity index (χ0v) is 16.4. The van der Waals surface area contributed by atoms with E-state index < -0.39 is 29.7 Å². The molecular weight excluding hydrogens is 423 g/mol. The Labute approximate surface area is 172 Å². The lowest BCUT2D eigenvalue weighted by molar-refractivity contribution is -0.141. The van der Waals surface area contributed by atoms with Crippen LogP contribution in [0.5, 0.6) is 0 Å². The largest absolute Gasteiger partial charge is 0.435 e. The Morgan fingerprint density at radius 1 is 1.13 bits per heavy atom. The van der Waals surface area contributed by atoms with Crippen LogP contribution in [0.4, 0.5) is 22.0 Å². The van der Waals surface area contributed by atoms with Crippen molar-refractivity contribution in [2.75, 3.05) is 0 Å². The molecule has 0 bridgehead atoms. The van der Waals surface area contributed by atoms with E-state index in [0.717, 1.165) is 11.6 Å². The molecule has 4 heterocycles. The van der Waals surface area contributed by atoms with Crippen LogP contribution in [0.2, 0.25) is 0 Å². The van der Waals surface area contributed by atoms with Crippen molar-refractivity contribution < 1.29 is 26.7 Å². The van der Waals surface area contributed by atoms with E-state index in [-0.39, 0.29) is 11.4 Å². The minimum absolute atomic E-state index is 0.227. The zero-order chi connectivity index (χ0) is 22.6. The van der Waals surface area contributed by atoms with Gasteiger partial charge in [0.25, 0.3) is 11.8 Å². The predicted octanol–water partition coefficient (Wildman–Crippen LogP) is 3.68. The fourth-order valence-corrected chi connectivity index (χ4v) is 3.46. The van der Waals surface area contributed by atoms with Gasteiger partial charge in [-0.1, -0.05) is 0 Å². The molecule has 0 saturated heterocycles. The van der Waals surface area contributed by atoms with Crippen LogP contribution in [0.3, 0.4) is 0 Å². The molecule has 1 amide bonds. The maximum atomic E-state index is 13.6. The van der Waals surface area contributed by atoms with Crippen molar-refractivity contribution >= 4 is 5.91 Å². The number of aromatic nitrogens is 5. The van der Waals surface area contributed by atoms with Gasteiger partial charge in [-0.05, 0) is 24.6 Å². The van der Waals surface area contributed by atoms with Crippen LogP contribution in [0.15, 0.2) is 30.5 Å². The molecule has 1 atom stereocenters. The number of fused-ring (bicyclic) bond motifs is 1. The van der Waals surface area contributed by atoms with Gasteiger partial charge in [-0.25, -0.2) is 0 Å². The minimum atomic E-state index is -4.66. The number of nitrogens with zero attached hydrogens (tertiary/aromatic N) is 5. The number of hydrogen-bond acceptors (Lipinski definition) is 4. The SMILES string of the molecule is Cn1nc(C(F)(F)F)cc1C(=O)N[C@H]1CCn2nc(-c3ccnc(C(C)(F)F)c3)cc21. The van der Waals surface area contributed by atoms with E-state index in [1.807, 2.05) is 0 Å². The first kappa shape index (κ1) is 20.9. The summed E-state index contributed by atoms with van der Waals surface area (Å²) < 4.78 is 68.2. The molecule has 0 radical (unpaired) electrons. The van der Waals surface area contributed by atoms with Gasteiger partial charge in [-0.2, -0.15) is 32.1 Å². The lowest BCUT2D eigenvalue weighted by atomic mass is 10.1. The number of halogens is 5. The molecule has 0 fully saturated rings. The highest BCUT2D eigenvalue weighted by atomic mass is 19.4. The standard InChI is InChI=1S/C19H17F5N6O/c1-18(20,21)15-7-10(3-5-25-15)12-8-13-11(4-6-30(13)27-12)26-17(31)14-9-16(19(22,23)24)28-29(14)2/h3,5,7-9,11H,4,6H2,1-2H3,(H,26,31)/t11-/m0/s1. The topological polar surface area (TPSA) is 77.6 Å². The van der Waals surface area contributed by atoms with E-state index in [1.165, 1.54) is 19.3 Å². The van der Waals surface area contributed by atoms with Crippen molar-refractivity contribution in [3.8, 4) is 11.3 Å². The van der Waals surface area contributed by atoms with Crippen LogP contribution in [0, 0.1) is 0 Å². The highest BCUT2D eigenvalue weighted by Crippen LogP contribution is 2.33. The summed E-state index contributed by atoms with van der Waals surface area (Å²) in [5.41, 5.74) is -0.265. The Kier molecular flexibility index (Phi) is 4.82. The first-order valence-electron chi connectivity index (χ1n) is 9.28. The summed E-state index contributed by atoms with van der Waals surface area (Å²) in [5, 5.41) is 10.4. The summed E-state index contributed by atoms with van der Waals surface area (Å²) in [5.74, 6) is -3.81. The van der Waals surface area contributed by atoms with E-state index in [1.54, 1.807) is 16.8 Å². The second-order valence-corrected chi connectivity index (χ2v) is 7.35. The Balaban J connectivity index is 1.56. The van der Waals surface area contributed by atoms with E-state index in [4.69, 9.17) is 0 Å². The van der Waals surface area contributed by atoms with Gasteiger partial charge in [0.2, 0.25) is 0 Å². The Morgan fingerprint density at radius 2 is 1.87 bits per heavy atom. The molecule has 3 aromatic heterocycles. The molecule has 0 spiro atoms. The molecule has 0 aromatic carbocycles. The monoisotopic (exact) mass is 440 g/mol. The maximum absolute atomic E-state index is 13.6. The van der Waals surface area contributed by atoms with Gasteiger partial charge in [0.15, 0.2) is 5.69 Å². The highest BCUT2D eigenvalue weighted by molar-refractivity contribution is 5.93. The third-order valence-electron chi connectivity index (χ3n) is 5.01. The predicted molar refractivity (Wildman–Crippen MR) is 98.1 cm³/mol. The van der Waals surface area contributed by atoms with Gasteiger partial charge in [0, 0.05) is 38.3 Å². The highest BCUT2D eigenvalue weighted by Gasteiger charge is 2.36. The number of pyridine rings is 1. The lowest BCUT2D eigenvalue weighted by Gasteiger charge is -2.12. The molecule has 12 heteroatoms. The summed E-state index contributed by atoms with van der Waals surface area (Å²) in [4.78, 5) is 16.2. The molecule has 0 unspecified atom stereocenters. The number of amides is 1. The Morgan fingerprint density at radius 3 is 2.52 bits per heavy atom. The molecule has 1 N–H and O–H groups in total. The van der Waals surface area contributed by atoms with Crippen LogP contribution < -0.4 is 5.32 Å². The fourth-order valence-electron chi connectivity index (χ4n) is 3.46. The second-order valence-electron chi connectivity index (χ2n) is 7.35. The van der Waals surface area contributed by atoms with Crippen LogP contribution in [-0.2, 0) is 25.7 Å². The smallest absolute Gasteiger partial charge is 0.342 e. The summed E-state index contributed by atoms with van der Waals surface area (Å²) in [6, 6.07) is 4.66. The Hall–Kier alpha value is -3.31. The van der Waals surface area contributed by atoms with Gasteiger partial charge in [0.1, 0.15) is 11.4 Å². The summed E-state index contributed by atoms with van der Waals surface area (Å²) in [6.07, 6.45) is -2.89. The van der Waals surface area contributed by atoms with Gasteiger partial charge in [0.05, 0.1) is 17.4 Å². The van der Waals surface area contributed by atoms with Crippen molar-refractivity contribution in [3.63, 3.8) is 0 Å². The van der Waals surface area contributed by atoms with Gasteiger partial charge in [-0.15, -0.1) is 0 Å².